The van der Waals surface area contributed by atoms with E-state index < -0.39 is 10.0 Å². The highest BCUT2D eigenvalue weighted by molar-refractivity contribution is 7.92. The van der Waals surface area contributed by atoms with Gasteiger partial charge >= 0.3 is 0 Å². The van der Waals surface area contributed by atoms with Crippen LogP contribution in [0.1, 0.15) is 11.1 Å². The summed E-state index contributed by atoms with van der Waals surface area (Å²) in [4.78, 5) is 8.42. The fourth-order valence-corrected chi connectivity index (χ4v) is 3.19. The standard InChI is InChI=1S/C19H17N3O2S/c1-15-4-6-16(7-5-15)13-21-17-8-10-19(11-9-17)25(23,24)22-18-3-2-12-20-14-18/h2-14,22H,1H3. The number of sulfonamides is 1. The van der Waals surface area contributed by atoms with Gasteiger partial charge in [-0.3, -0.25) is 14.7 Å². The van der Waals surface area contributed by atoms with Crippen molar-refractivity contribution in [1.29, 1.82) is 0 Å². The molecule has 126 valence electrons. The molecule has 1 N–H and O–H groups in total. The minimum Gasteiger partial charge on any atom is -0.278 e. The minimum atomic E-state index is -3.64. The number of anilines is 1. The molecule has 1 heterocycles. The summed E-state index contributed by atoms with van der Waals surface area (Å²) in [6.07, 6.45) is 4.78. The molecule has 25 heavy (non-hydrogen) atoms. The first kappa shape index (κ1) is 16.9. The van der Waals surface area contributed by atoms with Crippen molar-refractivity contribution in [3.63, 3.8) is 0 Å². The van der Waals surface area contributed by atoms with Gasteiger partial charge in [0, 0.05) is 12.4 Å². The predicted molar refractivity (Wildman–Crippen MR) is 99.9 cm³/mol. The van der Waals surface area contributed by atoms with Gasteiger partial charge < -0.3 is 0 Å². The molecule has 0 atom stereocenters. The van der Waals surface area contributed by atoms with Crippen LogP contribution in [0.4, 0.5) is 11.4 Å². The highest BCUT2D eigenvalue weighted by Crippen LogP contribution is 2.19. The van der Waals surface area contributed by atoms with Gasteiger partial charge in [0.2, 0.25) is 0 Å². The van der Waals surface area contributed by atoms with Crippen LogP contribution in [0.2, 0.25) is 0 Å². The van der Waals surface area contributed by atoms with E-state index in [0.29, 0.717) is 11.4 Å². The number of benzene rings is 2. The largest absolute Gasteiger partial charge is 0.278 e. The monoisotopic (exact) mass is 351 g/mol. The third-order valence-electron chi connectivity index (χ3n) is 3.50. The number of hydrogen-bond donors (Lipinski definition) is 1. The van der Waals surface area contributed by atoms with Gasteiger partial charge in [-0.25, -0.2) is 8.42 Å². The molecule has 0 fully saturated rings. The molecule has 0 aliphatic heterocycles. The van der Waals surface area contributed by atoms with E-state index in [1.54, 1.807) is 36.7 Å². The summed E-state index contributed by atoms with van der Waals surface area (Å²) in [6, 6.07) is 17.7. The van der Waals surface area contributed by atoms with E-state index in [4.69, 9.17) is 0 Å². The van der Waals surface area contributed by atoms with Crippen molar-refractivity contribution in [2.24, 2.45) is 4.99 Å². The Labute approximate surface area is 147 Å². The second kappa shape index (κ2) is 7.27. The molecule has 6 heteroatoms. The number of aryl methyl sites for hydroxylation is 1. The number of pyridine rings is 1. The molecule has 5 nitrogen and oxygen atoms in total. The molecule has 0 spiro atoms. The Morgan fingerprint density at radius 2 is 1.72 bits per heavy atom. The van der Waals surface area contributed by atoms with E-state index in [2.05, 4.69) is 14.7 Å². The summed E-state index contributed by atoms with van der Waals surface area (Å²) < 4.78 is 27.2. The van der Waals surface area contributed by atoms with Gasteiger partial charge in [0.05, 0.1) is 22.5 Å². The Balaban J connectivity index is 1.74. The molecule has 0 amide bonds. The van der Waals surface area contributed by atoms with E-state index >= 15 is 0 Å². The van der Waals surface area contributed by atoms with Gasteiger partial charge in [0.15, 0.2) is 0 Å². The summed E-state index contributed by atoms with van der Waals surface area (Å²) in [6.45, 7) is 2.03. The van der Waals surface area contributed by atoms with E-state index in [1.165, 1.54) is 23.9 Å². The number of nitrogens with zero attached hydrogens (tertiary/aromatic N) is 2. The van der Waals surface area contributed by atoms with Crippen LogP contribution in [-0.4, -0.2) is 19.6 Å². The second-order valence-corrected chi connectivity index (χ2v) is 7.19. The summed E-state index contributed by atoms with van der Waals surface area (Å²) in [5.74, 6) is 0. The lowest BCUT2D eigenvalue weighted by atomic mass is 10.2. The number of rotatable bonds is 5. The fraction of sp³-hybridized carbons (Fsp3) is 0.0526. The molecule has 0 bridgehead atoms. The molecule has 3 rings (SSSR count). The Bertz CT molecular complexity index is 965. The molecule has 0 saturated heterocycles. The first-order valence-corrected chi connectivity index (χ1v) is 9.15. The molecule has 0 saturated carbocycles. The maximum atomic E-state index is 12.3. The summed E-state index contributed by atoms with van der Waals surface area (Å²) in [7, 11) is -3.64. The summed E-state index contributed by atoms with van der Waals surface area (Å²) in [5.41, 5.74) is 3.28. The topological polar surface area (TPSA) is 71.4 Å². The molecule has 3 aromatic rings. The van der Waals surface area contributed by atoms with Crippen LogP contribution >= 0.6 is 0 Å². The Kier molecular flexibility index (Phi) is 4.90. The zero-order chi connectivity index (χ0) is 17.7. The van der Waals surface area contributed by atoms with Crippen molar-refractivity contribution < 1.29 is 8.42 Å². The maximum Gasteiger partial charge on any atom is 0.261 e. The zero-order valence-corrected chi connectivity index (χ0v) is 14.4. The lowest BCUT2D eigenvalue weighted by Gasteiger charge is -2.07. The third kappa shape index (κ3) is 4.51. The molecular weight excluding hydrogens is 334 g/mol. The molecule has 0 radical (unpaired) electrons. The minimum absolute atomic E-state index is 0.172. The number of aromatic nitrogens is 1. The van der Waals surface area contributed by atoms with Crippen molar-refractivity contribution in [2.75, 3.05) is 4.72 Å². The van der Waals surface area contributed by atoms with E-state index in [0.717, 1.165) is 5.56 Å². The van der Waals surface area contributed by atoms with Crippen molar-refractivity contribution >= 4 is 27.6 Å². The summed E-state index contributed by atoms with van der Waals surface area (Å²) in [5, 5.41) is 0. The SMILES string of the molecule is Cc1ccc(C=Nc2ccc(S(=O)(=O)Nc3cccnc3)cc2)cc1. The Morgan fingerprint density at radius 1 is 1.00 bits per heavy atom. The summed E-state index contributed by atoms with van der Waals surface area (Å²) >= 11 is 0. The van der Waals surface area contributed by atoms with Gasteiger partial charge in [0.1, 0.15) is 0 Å². The molecule has 2 aromatic carbocycles. The average Bonchev–Trinajstić information content (AvgIpc) is 2.62. The van der Waals surface area contributed by atoms with Crippen LogP contribution in [0, 0.1) is 6.92 Å². The number of hydrogen-bond acceptors (Lipinski definition) is 4. The molecular formula is C19H17N3O2S. The first-order valence-electron chi connectivity index (χ1n) is 7.67. The second-order valence-electron chi connectivity index (χ2n) is 5.51. The molecule has 0 aliphatic rings. The lowest BCUT2D eigenvalue weighted by Crippen LogP contribution is -2.12. The third-order valence-corrected chi connectivity index (χ3v) is 4.90. The first-order chi connectivity index (χ1) is 12.0. The average molecular weight is 351 g/mol. The van der Waals surface area contributed by atoms with Gasteiger partial charge in [-0.15, -0.1) is 0 Å². The maximum absolute atomic E-state index is 12.3. The molecule has 1 aromatic heterocycles. The van der Waals surface area contributed by atoms with E-state index in [-0.39, 0.29) is 4.90 Å². The normalized spacial score (nSPS) is 11.6. The van der Waals surface area contributed by atoms with Crippen LogP contribution in [-0.2, 0) is 10.0 Å². The molecule has 0 aliphatic carbocycles. The van der Waals surface area contributed by atoms with Gasteiger partial charge in [0.25, 0.3) is 10.0 Å². The quantitative estimate of drug-likeness (QED) is 0.708. The van der Waals surface area contributed by atoms with E-state index in [1.807, 2.05) is 31.2 Å². The molecule has 0 unspecified atom stereocenters. The fourth-order valence-electron chi connectivity index (χ4n) is 2.15. The number of nitrogens with one attached hydrogen (secondary N) is 1. The van der Waals surface area contributed by atoms with Crippen LogP contribution in [0.3, 0.4) is 0 Å². The highest BCUT2D eigenvalue weighted by Gasteiger charge is 2.13. The van der Waals surface area contributed by atoms with Crippen LogP contribution in [0.15, 0.2) is 82.9 Å². The van der Waals surface area contributed by atoms with Crippen LogP contribution < -0.4 is 4.72 Å². The van der Waals surface area contributed by atoms with Crippen LogP contribution in [0.25, 0.3) is 0 Å². The van der Waals surface area contributed by atoms with E-state index in [9.17, 15) is 8.42 Å². The van der Waals surface area contributed by atoms with Crippen molar-refractivity contribution in [3.05, 3.63) is 84.2 Å². The van der Waals surface area contributed by atoms with Gasteiger partial charge in [-0.2, -0.15) is 0 Å². The van der Waals surface area contributed by atoms with Gasteiger partial charge in [-0.1, -0.05) is 29.8 Å². The van der Waals surface area contributed by atoms with Crippen molar-refractivity contribution in [2.45, 2.75) is 11.8 Å². The lowest BCUT2D eigenvalue weighted by molar-refractivity contribution is 0.601. The highest BCUT2D eigenvalue weighted by atomic mass is 32.2. The van der Waals surface area contributed by atoms with Gasteiger partial charge in [-0.05, 0) is 48.9 Å². The number of aliphatic imine (C=N–C) groups is 1. The van der Waals surface area contributed by atoms with Crippen molar-refractivity contribution in [3.8, 4) is 0 Å². The van der Waals surface area contributed by atoms with Crippen molar-refractivity contribution in [1.82, 2.24) is 4.98 Å². The van der Waals surface area contributed by atoms with Crippen LogP contribution in [0.5, 0.6) is 0 Å². The Morgan fingerprint density at radius 3 is 2.36 bits per heavy atom. The zero-order valence-electron chi connectivity index (χ0n) is 13.6. The predicted octanol–water partition coefficient (Wildman–Crippen LogP) is 3.94. The Hall–Kier alpha value is -2.99. The smallest absolute Gasteiger partial charge is 0.261 e.